The van der Waals surface area contributed by atoms with Crippen LogP contribution >= 0.6 is 0 Å². The lowest BCUT2D eigenvalue weighted by Gasteiger charge is -2.35. The number of nitrogens with one attached hydrogen (secondary N) is 2. The van der Waals surface area contributed by atoms with Crippen LogP contribution in [0.1, 0.15) is 39.5 Å². The highest BCUT2D eigenvalue weighted by molar-refractivity contribution is 5.48. The van der Waals surface area contributed by atoms with E-state index in [0.717, 1.165) is 63.0 Å². The maximum Gasteiger partial charge on any atom is 0.225 e. The van der Waals surface area contributed by atoms with Crippen molar-refractivity contribution in [3.05, 3.63) is 30.9 Å². The molecular weight excluding hydrogens is 366 g/mol. The molecule has 0 unspecified atom stereocenters. The average Bonchev–Trinajstić information content (AvgIpc) is 2.75. The van der Waals surface area contributed by atoms with Gasteiger partial charge in [-0.2, -0.15) is 0 Å². The van der Waals surface area contributed by atoms with Crippen molar-refractivity contribution in [2.24, 2.45) is 5.92 Å². The van der Waals surface area contributed by atoms with Gasteiger partial charge < -0.3 is 20.3 Å². The maximum absolute atomic E-state index is 5.99. The van der Waals surface area contributed by atoms with Crippen molar-refractivity contribution in [1.29, 1.82) is 0 Å². The van der Waals surface area contributed by atoms with Crippen LogP contribution < -0.4 is 15.5 Å². The summed E-state index contributed by atoms with van der Waals surface area (Å²) in [5.41, 5.74) is 0. The number of aromatic nitrogens is 4. The summed E-state index contributed by atoms with van der Waals surface area (Å²) in [4.78, 5) is 19.8. The lowest BCUT2D eigenvalue weighted by atomic mass is 9.94. The molecule has 29 heavy (non-hydrogen) atoms. The lowest BCUT2D eigenvalue weighted by Crippen LogP contribution is -2.43. The summed E-state index contributed by atoms with van der Waals surface area (Å²) in [6, 6.07) is 4.54. The Kier molecular flexibility index (Phi) is 6.39. The van der Waals surface area contributed by atoms with Crippen molar-refractivity contribution in [1.82, 2.24) is 19.9 Å². The van der Waals surface area contributed by atoms with Crippen LogP contribution in [-0.4, -0.2) is 57.8 Å². The molecule has 2 fully saturated rings. The number of ether oxygens (including phenoxy) is 1. The summed E-state index contributed by atoms with van der Waals surface area (Å²) in [6.07, 6.45) is 9.68. The first-order valence-electron chi connectivity index (χ1n) is 10.7. The molecule has 0 radical (unpaired) electrons. The Labute approximate surface area is 172 Å². The Bertz CT molecular complexity index is 765. The first-order chi connectivity index (χ1) is 14.2. The molecule has 2 saturated heterocycles. The van der Waals surface area contributed by atoms with E-state index < -0.39 is 0 Å². The Morgan fingerprint density at radius 2 is 1.72 bits per heavy atom. The van der Waals surface area contributed by atoms with Crippen molar-refractivity contribution < 1.29 is 4.74 Å². The second-order valence-corrected chi connectivity index (χ2v) is 8.22. The lowest BCUT2D eigenvalue weighted by molar-refractivity contribution is -0.0203. The smallest absolute Gasteiger partial charge is 0.225 e. The van der Waals surface area contributed by atoms with E-state index in [1.54, 1.807) is 18.7 Å². The summed E-state index contributed by atoms with van der Waals surface area (Å²) < 4.78 is 5.99. The fraction of sp³-hybridized carbons (Fsp3) is 0.619. The topological polar surface area (TPSA) is 88.1 Å². The monoisotopic (exact) mass is 397 g/mol. The minimum atomic E-state index is 0.222. The van der Waals surface area contributed by atoms with Crippen LogP contribution in [0.15, 0.2) is 30.9 Å². The number of anilines is 3. The molecule has 0 saturated carbocycles. The number of rotatable bonds is 6. The highest BCUT2D eigenvalue weighted by Gasteiger charge is 2.29. The van der Waals surface area contributed by atoms with Crippen molar-refractivity contribution in [3.8, 4) is 0 Å². The van der Waals surface area contributed by atoms with Crippen molar-refractivity contribution in [3.63, 3.8) is 0 Å². The van der Waals surface area contributed by atoms with Crippen LogP contribution in [0.4, 0.5) is 17.6 Å². The third-order valence-electron chi connectivity index (χ3n) is 5.71. The summed E-state index contributed by atoms with van der Waals surface area (Å²) >= 11 is 0. The van der Waals surface area contributed by atoms with Crippen LogP contribution in [0.2, 0.25) is 0 Å². The molecule has 4 heterocycles. The molecule has 2 N–H and O–H groups in total. The molecule has 2 aromatic heterocycles. The van der Waals surface area contributed by atoms with Crippen molar-refractivity contribution in [2.45, 2.75) is 57.7 Å². The molecule has 2 atom stereocenters. The fourth-order valence-corrected chi connectivity index (χ4v) is 4.21. The third-order valence-corrected chi connectivity index (χ3v) is 5.71. The Morgan fingerprint density at radius 3 is 2.45 bits per heavy atom. The molecule has 0 spiro atoms. The van der Waals surface area contributed by atoms with Gasteiger partial charge in [0.2, 0.25) is 5.95 Å². The number of nitrogens with zero attached hydrogens (tertiary/aromatic N) is 5. The fourth-order valence-electron chi connectivity index (χ4n) is 4.21. The maximum atomic E-state index is 5.99. The molecule has 4 rings (SSSR count). The van der Waals surface area contributed by atoms with Crippen LogP contribution in [0.25, 0.3) is 0 Å². The SMILES string of the molecule is CC(C)[C@H]1OCCC[C@H]1Nc1cc(NC2CCN(c3ncccn3)CC2)ncn1. The van der Waals surface area contributed by atoms with E-state index in [-0.39, 0.29) is 6.10 Å². The van der Waals surface area contributed by atoms with Crippen LogP contribution in [0.3, 0.4) is 0 Å². The molecule has 2 aliphatic rings. The minimum absolute atomic E-state index is 0.222. The molecule has 2 aromatic rings. The summed E-state index contributed by atoms with van der Waals surface area (Å²) in [5, 5.41) is 7.15. The highest BCUT2D eigenvalue weighted by Crippen LogP contribution is 2.24. The third kappa shape index (κ3) is 5.12. The Balaban J connectivity index is 1.32. The predicted molar refractivity (Wildman–Crippen MR) is 114 cm³/mol. The van der Waals surface area contributed by atoms with Gasteiger partial charge in [-0.15, -0.1) is 0 Å². The first kappa shape index (κ1) is 19.8. The van der Waals surface area contributed by atoms with Gasteiger partial charge >= 0.3 is 0 Å². The molecule has 156 valence electrons. The Morgan fingerprint density at radius 1 is 1.00 bits per heavy atom. The zero-order valence-corrected chi connectivity index (χ0v) is 17.3. The van der Waals surface area contributed by atoms with E-state index in [4.69, 9.17) is 4.74 Å². The molecule has 0 aliphatic carbocycles. The summed E-state index contributed by atoms with van der Waals surface area (Å²) in [7, 11) is 0. The molecule has 0 bridgehead atoms. The highest BCUT2D eigenvalue weighted by atomic mass is 16.5. The molecule has 0 amide bonds. The summed E-state index contributed by atoms with van der Waals surface area (Å²) in [6.45, 7) is 7.15. The van der Waals surface area contributed by atoms with E-state index in [1.807, 2.05) is 12.1 Å². The largest absolute Gasteiger partial charge is 0.376 e. The van der Waals surface area contributed by atoms with E-state index in [2.05, 4.69) is 49.3 Å². The van der Waals surface area contributed by atoms with Crippen molar-refractivity contribution in [2.75, 3.05) is 35.2 Å². The molecule has 0 aromatic carbocycles. The number of piperidine rings is 1. The van der Waals surface area contributed by atoms with E-state index >= 15 is 0 Å². The van der Waals surface area contributed by atoms with Gasteiger partial charge in [-0.3, -0.25) is 0 Å². The minimum Gasteiger partial charge on any atom is -0.376 e. The molecule has 8 heteroatoms. The van der Waals surface area contributed by atoms with Crippen LogP contribution in [0.5, 0.6) is 0 Å². The normalized spacial score (nSPS) is 23.2. The molecular formula is C21H31N7O. The molecule has 2 aliphatic heterocycles. The second kappa shape index (κ2) is 9.35. The quantitative estimate of drug-likeness (QED) is 0.769. The van der Waals surface area contributed by atoms with Gasteiger partial charge in [-0.1, -0.05) is 13.8 Å². The van der Waals surface area contributed by atoms with Gasteiger partial charge in [0.1, 0.15) is 18.0 Å². The first-order valence-corrected chi connectivity index (χ1v) is 10.7. The van der Waals surface area contributed by atoms with Crippen molar-refractivity contribution >= 4 is 17.6 Å². The van der Waals surface area contributed by atoms with Gasteiger partial charge in [0.05, 0.1) is 12.1 Å². The van der Waals surface area contributed by atoms with Crippen LogP contribution in [-0.2, 0) is 4.74 Å². The van der Waals surface area contributed by atoms with Gasteiger partial charge in [0, 0.05) is 44.2 Å². The van der Waals surface area contributed by atoms with Gasteiger partial charge in [0.25, 0.3) is 0 Å². The predicted octanol–water partition coefficient (Wildman–Crippen LogP) is 2.96. The van der Waals surface area contributed by atoms with E-state index in [1.165, 1.54) is 0 Å². The Hall–Kier alpha value is -2.48. The standard InChI is InChI=1S/C21H31N7O/c1-15(2)20-17(5-3-12-29-20)27-19-13-18(24-14-25-19)26-16-6-10-28(11-7-16)21-22-8-4-9-23-21/h4,8-9,13-17,20H,3,5-7,10-12H2,1-2H3,(H2,24,25,26,27)/t17-,20-/m1/s1. The van der Waals surface area contributed by atoms with Gasteiger partial charge in [-0.25, -0.2) is 19.9 Å². The van der Waals surface area contributed by atoms with E-state index in [0.29, 0.717) is 18.0 Å². The van der Waals surface area contributed by atoms with Gasteiger partial charge in [0.15, 0.2) is 0 Å². The zero-order chi connectivity index (χ0) is 20.1. The van der Waals surface area contributed by atoms with Crippen LogP contribution in [0, 0.1) is 5.92 Å². The van der Waals surface area contributed by atoms with E-state index in [9.17, 15) is 0 Å². The molecule has 8 nitrogen and oxygen atoms in total. The number of hydrogen-bond donors (Lipinski definition) is 2. The second-order valence-electron chi connectivity index (χ2n) is 8.22. The van der Waals surface area contributed by atoms with Gasteiger partial charge in [-0.05, 0) is 37.7 Å². The number of hydrogen-bond acceptors (Lipinski definition) is 8. The zero-order valence-electron chi connectivity index (χ0n) is 17.3. The average molecular weight is 398 g/mol. The summed E-state index contributed by atoms with van der Waals surface area (Å²) in [5.74, 6) is 3.02.